The summed E-state index contributed by atoms with van der Waals surface area (Å²) in [6.45, 7) is 0.0260. The van der Waals surface area contributed by atoms with Crippen molar-refractivity contribution in [3.63, 3.8) is 0 Å². The van der Waals surface area contributed by atoms with E-state index >= 15 is 0 Å². The lowest BCUT2D eigenvalue weighted by Gasteiger charge is -2.26. The number of hydrogen-bond donors (Lipinski definition) is 1. The van der Waals surface area contributed by atoms with E-state index < -0.39 is 21.9 Å². The fraction of sp³-hybridized carbons (Fsp3) is 0.0690. The van der Waals surface area contributed by atoms with E-state index in [1.165, 1.54) is 29.8 Å². The Hall–Kier alpha value is -4.76. The minimum atomic E-state index is -4.01. The highest BCUT2D eigenvalue weighted by Gasteiger charge is 2.28. The summed E-state index contributed by atoms with van der Waals surface area (Å²) in [6, 6.07) is 30.2. The SMILES string of the molecule is COC(=O)c1ccc(C=NNC(=O)c2ccccc2N(Cc2ccccc2)S(=O)(=O)c2ccccc2)cc1. The van der Waals surface area contributed by atoms with Crippen LogP contribution in [0.3, 0.4) is 0 Å². The quantitative estimate of drug-likeness (QED) is 0.194. The first-order valence-electron chi connectivity index (χ1n) is 11.6. The van der Waals surface area contributed by atoms with Crippen LogP contribution in [-0.2, 0) is 21.3 Å². The summed E-state index contributed by atoms with van der Waals surface area (Å²) in [7, 11) is -2.71. The second kappa shape index (κ2) is 12.0. The van der Waals surface area contributed by atoms with Gasteiger partial charge in [0, 0.05) is 0 Å². The van der Waals surface area contributed by atoms with Crippen molar-refractivity contribution >= 4 is 33.8 Å². The number of amides is 1. The second-order valence-electron chi connectivity index (χ2n) is 8.14. The molecule has 1 N–H and O–H groups in total. The van der Waals surface area contributed by atoms with E-state index in [9.17, 15) is 18.0 Å². The minimum Gasteiger partial charge on any atom is -0.465 e. The highest BCUT2D eigenvalue weighted by molar-refractivity contribution is 7.92. The monoisotopic (exact) mass is 527 g/mol. The van der Waals surface area contributed by atoms with Gasteiger partial charge in [-0.05, 0) is 47.5 Å². The van der Waals surface area contributed by atoms with Gasteiger partial charge in [0.05, 0.1) is 41.6 Å². The first-order valence-corrected chi connectivity index (χ1v) is 13.1. The standard InChI is InChI=1S/C29H25N3O5S/c1-37-29(34)24-18-16-22(17-19-24)20-30-31-28(33)26-14-8-9-15-27(26)32(21-23-10-4-2-5-11-23)38(35,36)25-12-6-3-7-13-25/h2-20H,21H2,1H3,(H,31,33). The number of benzene rings is 4. The van der Waals surface area contributed by atoms with E-state index in [4.69, 9.17) is 0 Å². The number of hydrazone groups is 1. The number of ether oxygens (including phenoxy) is 1. The molecule has 4 aromatic rings. The number of hydrogen-bond acceptors (Lipinski definition) is 6. The molecule has 0 saturated heterocycles. The number of esters is 1. The molecule has 0 aliphatic carbocycles. The largest absolute Gasteiger partial charge is 0.465 e. The van der Waals surface area contributed by atoms with E-state index in [-0.39, 0.29) is 22.7 Å². The van der Waals surface area contributed by atoms with Crippen LogP contribution in [0.1, 0.15) is 31.8 Å². The van der Waals surface area contributed by atoms with Crippen molar-refractivity contribution in [2.45, 2.75) is 11.4 Å². The fourth-order valence-corrected chi connectivity index (χ4v) is 5.19. The number of nitrogens with zero attached hydrogens (tertiary/aromatic N) is 2. The van der Waals surface area contributed by atoms with Gasteiger partial charge in [-0.2, -0.15) is 5.10 Å². The lowest BCUT2D eigenvalue weighted by Crippen LogP contribution is -2.33. The summed E-state index contributed by atoms with van der Waals surface area (Å²) in [6.07, 6.45) is 1.42. The number of sulfonamides is 1. The molecular formula is C29H25N3O5S. The molecule has 0 spiro atoms. The second-order valence-corrected chi connectivity index (χ2v) is 10.0. The first kappa shape index (κ1) is 26.3. The molecule has 0 aliphatic heterocycles. The normalized spacial score (nSPS) is 11.2. The van der Waals surface area contributed by atoms with E-state index in [1.54, 1.807) is 66.7 Å². The summed E-state index contributed by atoms with van der Waals surface area (Å²) in [4.78, 5) is 24.9. The van der Waals surface area contributed by atoms with Crippen molar-refractivity contribution in [3.05, 3.63) is 131 Å². The molecule has 4 rings (SSSR count). The van der Waals surface area contributed by atoms with Gasteiger partial charge in [0.1, 0.15) is 0 Å². The van der Waals surface area contributed by atoms with Gasteiger partial charge in [-0.15, -0.1) is 0 Å². The third kappa shape index (κ3) is 6.13. The molecule has 1 amide bonds. The van der Waals surface area contributed by atoms with Gasteiger partial charge in [-0.1, -0.05) is 72.8 Å². The van der Waals surface area contributed by atoms with Crippen LogP contribution in [0.25, 0.3) is 0 Å². The van der Waals surface area contributed by atoms with Gasteiger partial charge in [0.25, 0.3) is 15.9 Å². The molecule has 0 unspecified atom stereocenters. The molecule has 8 nitrogen and oxygen atoms in total. The van der Waals surface area contributed by atoms with Crippen molar-refractivity contribution in [2.24, 2.45) is 5.10 Å². The average molecular weight is 528 g/mol. The van der Waals surface area contributed by atoms with Crippen LogP contribution in [0.5, 0.6) is 0 Å². The van der Waals surface area contributed by atoms with Gasteiger partial charge in [-0.3, -0.25) is 9.10 Å². The topological polar surface area (TPSA) is 105 Å². The Morgan fingerprint density at radius 3 is 2.11 bits per heavy atom. The Kier molecular flexibility index (Phi) is 8.30. The van der Waals surface area contributed by atoms with Gasteiger partial charge in [0.15, 0.2) is 0 Å². The number of methoxy groups -OCH3 is 1. The summed E-state index contributed by atoms with van der Waals surface area (Å²) in [5.41, 5.74) is 4.61. The Morgan fingerprint density at radius 2 is 1.45 bits per heavy atom. The molecule has 192 valence electrons. The average Bonchev–Trinajstić information content (AvgIpc) is 2.96. The Balaban J connectivity index is 1.63. The third-order valence-corrected chi connectivity index (χ3v) is 7.40. The van der Waals surface area contributed by atoms with Crippen molar-refractivity contribution in [2.75, 3.05) is 11.4 Å². The van der Waals surface area contributed by atoms with Crippen LogP contribution in [-0.4, -0.2) is 33.6 Å². The molecule has 0 saturated carbocycles. The zero-order chi connectivity index (χ0) is 27.0. The van der Waals surface area contributed by atoms with Crippen molar-refractivity contribution in [1.82, 2.24) is 5.43 Å². The molecule has 0 radical (unpaired) electrons. The van der Waals surface area contributed by atoms with Crippen LogP contribution < -0.4 is 9.73 Å². The summed E-state index contributed by atoms with van der Waals surface area (Å²) < 4.78 is 33.4. The predicted octanol–water partition coefficient (Wildman–Crippen LogP) is 4.63. The number of nitrogens with one attached hydrogen (secondary N) is 1. The molecule has 0 aliphatic rings. The van der Waals surface area contributed by atoms with Crippen molar-refractivity contribution < 1.29 is 22.7 Å². The molecular weight excluding hydrogens is 502 g/mol. The summed E-state index contributed by atoms with van der Waals surface area (Å²) >= 11 is 0. The van der Waals surface area contributed by atoms with Gasteiger partial charge < -0.3 is 4.74 Å². The predicted molar refractivity (Wildman–Crippen MR) is 146 cm³/mol. The Morgan fingerprint density at radius 1 is 0.842 bits per heavy atom. The lowest BCUT2D eigenvalue weighted by atomic mass is 10.1. The Labute approximate surface area is 221 Å². The lowest BCUT2D eigenvalue weighted by molar-refractivity contribution is 0.0600. The molecule has 0 heterocycles. The van der Waals surface area contributed by atoms with Crippen molar-refractivity contribution in [1.29, 1.82) is 0 Å². The number of carbonyl (C=O) groups excluding carboxylic acids is 2. The maximum Gasteiger partial charge on any atom is 0.337 e. The molecule has 0 bridgehead atoms. The van der Waals surface area contributed by atoms with Gasteiger partial charge >= 0.3 is 5.97 Å². The van der Waals surface area contributed by atoms with Crippen LogP contribution in [0.2, 0.25) is 0 Å². The molecule has 0 atom stereocenters. The molecule has 0 fully saturated rings. The first-order chi connectivity index (χ1) is 18.4. The molecule has 0 aromatic heterocycles. The molecule has 4 aromatic carbocycles. The number of carbonyl (C=O) groups is 2. The summed E-state index contributed by atoms with van der Waals surface area (Å²) in [5, 5.41) is 4.01. The van der Waals surface area contributed by atoms with Crippen LogP contribution in [0, 0.1) is 0 Å². The number of rotatable bonds is 9. The third-order valence-electron chi connectivity index (χ3n) is 5.63. The van der Waals surface area contributed by atoms with Crippen LogP contribution in [0.4, 0.5) is 5.69 Å². The highest BCUT2D eigenvalue weighted by atomic mass is 32.2. The summed E-state index contributed by atoms with van der Waals surface area (Å²) in [5.74, 6) is -1.03. The number of anilines is 1. The van der Waals surface area contributed by atoms with Crippen molar-refractivity contribution in [3.8, 4) is 0 Å². The molecule has 9 heteroatoms. The maximum absolute atomic E-state index is 13.7. The Bertz CT molecular complexity index is 1540. The van der Waals surface area contributed by atoms with E-state index in [0.717, 1.165) is 5.56 Å². The van der Waals surface area contributed by atoms with E-state index in [0.29, 0.717) is 11.1 Å². The zero-order valence-corrected chi connectivity index (χ0v) is 21.3. The zero-order valence-electron chi connectivity index (χ0n) is 20.5. The van der Waals surface area contributed by atoms with E-state index in [2.05, 4.69) is 15.3 Å². The van der Waals surface area contributed by atoms with E-state index in [1.807, 2.05) is 30.3 Å². The van der Waals surface area contributed by atoms with Crippen LogP contribution in [0.15, 0.2) is 119 Å². The van der Waals surface area contributed by atoms with Gasteiger partial charge in [-0.25, -0.2) is 18.6 Å². The number of para-hydroxylation sites is 1. The molecule has 38 heavy (non-hydrogen) atoms. The van der Waals surface area contributed by atoms with Crippen LogP contribution >= 0.6 is 0 Å². The maximum atomic E-state index is 13.7. The smallest absolute Gasteiger partial charge is 0.337 e. The minimum absolute atomic E-state index is 0.0260. The fourth-order valence-electron chi connectivity index (χ4n) is 3.70. The van der Waals surface area contributed by atoms with Gasteiger partial charge in [0.2, 0.25) is 0 Å². The highest BCUT2D eigenvalue weighted by Crippen LogP contribution is 2.29.